The molecule has 0 aromatic carbocycles. The van der Waals surface area contributed by atoms with Gasteiger partial charge in [-0.15, -0.1) is 0 Å². The van der Waals surface area contributed by atoms with Crippen LogP contribution < -0.4 is 5.32 Å². The number of nitrogens with zero attached hydrogens (tertiary/aromatic N) is 1. The second-order valence-corrected chi connectivity index (χ2v) is 6.17. The summed E-state index contributed by atoms with van der Waals surface area (Å²) in [5.41, 5.74) is -1.83. The molecular formula is C13H24N2O3. The quantitative estimate of drug-likeness (QED) is 0.812. The van der Waals surface area contributed by atoms with E-state index in [0.29, 0.717) is 0 Å². The molecule has 1 heterocycles. The summed E-state index contributed by atoms with van der Waals surface area (Å²) in [5, 5.41) is 12.1. The van der Waals surface area contributed by atoms with Crippen molar-refractivity contribution in [2.45, 2.75) is 59.0 Å². The smallest absolute Gasteiger partial charge is 0.318 e. The fourth-order valence-corrected chi connectivity index (χ4v) is 2.00. The van der Waals surface area contributed by atoms with Gasteiger partial charge in [-0.3, -0.25) is 4.79 Å². The van der Waals surface area contributed by atoms with Gasteiger partial charge >= 0.3 is 12.0 Å². The molecule has 1 saturated heterocycles. The molecule has 5 nitrogen and oxygen atoms in total. The van der Waals surface area contributed by atoms with Crippen molar-refractivity contribution in [3.63, 3.8) is 0 Å². The fraction of sp³-hybridized carbons (Fsp3) is 0.846. The number of likely N-dealkylation sites (tertiary alicyclic amines) is 1. The predicted octanol–water partition coefficient (Wildman–Crippen LogP) is 2.07. The van der Waals surface area contributed by atoms with E-state index in [0.717, 1.165) is 19.4 Å². The molecule has 0 spiro atoms. The molecular weight excluding hydrogens is 232 g/mol. The summed E-state index contributed by atoms with van der Waals surface area (Å²) in [6.07, 6.45) is 2.02. The van der Waals surface area contributed by atoms with Gasteiger partial charge in [0, 0.05) is 12.6 Å². The number of urea groups is 1. The van der Waals surface area contributed by atoms with Gasteiger partial charge in [0.2, 0.25) is 0 Å². The third-order valence-corrected chi connectivity index (χ3v) is 4.33. The average Bonchev–Trinajstić information content (AvgIpc) is 2.63. The van der Waals surface area contributed by atoms with Gasteiger partial charge in [0.05, 0.1) is 11.0 Å². The fourth-order valence-electron chi connectivity index (χ4n) is 2.00. The summed E-state index contributed by atoms with van der Waals surface area (Å²) in [6.45, 7) is 9.52. The van der Waals surface area contributed by atoms with Crippen molar-refractivity contribution in [3.8, 4) is 0 Å². The van der Waals surface area contributed by atoms with Crippen LogP contribution in [0.5, 0.6) is 0 Å². The van der Waals surface area contributed by atoms with Crippen LogP contribution in [0.1, 0.15) is 47.5 Å². The molecule has 0 aromatic heterocycles. The third kappa shape index (κ3) is 2.60. The average molecular weight is 256 g/mol. The number of hydrogen-bond donors (Lipinski definition) is 2. The van der Waals surface area contributed by atoms with Gasteiger partial charge in [0.25, 0.3) is 0 Å². The number of amides is 2. The topological polar surface area (TPSA) is 69.6 Å². The second kappa shape index (κ2) is 4.78. The lowest BCUT2D eigenvalue weighted by atomic mass is 9.74. The third-order valence-electron chi connectivity index (χ3n) is 4.33. The molecule has 0 saturated carbocycles. The molecule has 18 heavy (non-hydrogen) atoms. The number of carboxylic acids is 1. The lowest BCUT2D eigenvalue weighted by Crippen LogP contribution is -2.59. The normalized spacial score (nSPS) is 20.9. The van der Waals surface area contributed by atoms with E-state index in [-0.39, 0.29) is 12.1 Å². The Kier molecular flexibility index (Phi) is 3.93. The zero-order valence-corrected chi connectivity index (χ0v) is 11.9. The van der Waals surface area contributed by atoms with Gasteiger partial charge < -0.3 is 15.3 Å². The van der Waals surface area contributed by atoms with Gasteiger partial charge in [0.1, 0.15) is 0 Å². The first-order valence-corrected chi connectivity index (χ1v) is 6.42. The highest BCUT2D eigenvalue weighted by Gasteiger charge is 2.45. The Hall–Kier alpha value is -1.26. The van der Waals surface area contributed by atoms with Crippen molar-refractivity contribution in [2.75, 3.05) is 6.54 Å². The molecule has 0 aliphatic carbocycles. The van der Waals surface area contributed by atoms with Crippen LogP contribution in [0.15, 0.2) is 0 Å². The van der Waals surface area contributed by atoms with Crippen molar-refractivity contribution < 1.29 is 14.7 Å². The maximum atomic E-state index is 12.2. The van der Waals surface area contributed by atoms with Crippen LogP contribution >= 0.6 is 0 Å². The van der Waals surface area contributed by atoms with E-state index in [1.165, 1.54) is 0 Å². The maximum absolute atomic E-state index is 12.2. The predicted molar refractivity (Wildman–Crippen MR) is 69.4 cm³/mol. The Balaban J connectivity index is 2.77. The SMILES string of the molecule is CC1CCCN1C(=O)NC(C)(C)C(C)(C)C(=O)O. The van der Waals surface area contributed by atoms with E-state index in [9.17, 15) is 14.7 Å². The van der Waals surface area contributed by atoms with Gasteiger partial charge in [-0.05, 0) is 47.5 Å². The van der Waals surface area contributed by atoms with Crippen molar-refractivity contribution >= 4 is 12.0 Å². The van der Waals surface area contributed by atoms with Crippen LogP contribution in [0.2, 0.25) is 0 Å². The summed E-state index contributed by atoms with van der Waals surface area (Å²) in [6, 6.07) is 0.0630. The Morgan fingerprint density at radius 3 is 2.22 bits per heavy atom. The number of hydrogen-bond acceptors (Lipinski definition) is 2. The standard InChI is InChI=1S/C13H24N2O3/c1-9-7-6-8-15(9)11(18)14-13(4,5)12(2,3)10(16)17/h9H,6-8H2,1-5H3,(H,14,18)(H,16,17). The minimum Gasteiger partial charge on any atom is -0.481 e. The summed E-state index contributed by atoms with van der Waals surface area (Å²) in [5.74, 6) is -0.915. The maximum Gasteiger partial charge on any atom is 0.318 e. The van der Waals surface area contributed by atoms with E-state index in [1.807, 2.05) is 6.92 Å². The zero-order chi connectivity index (χ0) is 14.1. The number of carbonyl (C=O) groups excluding carboxylic acids is 1. The van der Waals surface area contributed by atoms with Crippen LogP contribution in [0, 0.1) is 5.41 Å². The van der Waals surface area contributed by atoms with Crippen molar-refractivity contribution in [3.05, 3.63) is 0 Å². The summed E-state index contributed by atoms with van der Waals surface area (Å²) < 4.78 is 0. The highest BCUT2D eigenvalue weighted by Crippen LogP contribution is 2.31. The van der Waals surface area contributed by atoms with Crippen molar-refractivity contribution in [2.24, 2.45) is 5.41 Å². The minimum atomic E-state index is -1.02. The molecule has 1 atom stereocenters. The molecule has 2 amide bonds. The van der Waals surface area contributed by atoms with Crippen LogP contribution in [0.3, 0.4) is 0 Å². The Labute approximate surface area is 109 Å². The minimum absolute atomic E-state index is 0.167. The van der Waals surface area contributed by atoms with Crippen molar-refractivity contribution in [1.82, 2.24) is 10.2 Å². The van der Waals surface area contributed by atoms with Crippen LogP contribution in [-0.4, -0.2) is 40.1 Å². The molecule has 0 aromatic rings. The number of aliphatic carboxylic acids is 1. The largest absolute Gasteiger partial charge is 0.481 e. The summed E-state index contributed by atoms with van der Waals surface area (Å²) >= 11 is 0. The molecule has 1 aliphatic rings. The van der Waals surface area contributed by atoms with Gasteiger partial charge in [0.15, 0.2) is 0 Å². The van der Waals surface area contributed by atoms with Gasteiger partial charge in [-0.2, -0.15) is 0 Å². The van der Waals surface area contributed by atoms with Crippen molar-refractivity contribution in [1.29, 1.82) is 0 Å². The number of carbonyl (C=O) groups is 2. The second-order valence-electron chi connectivity index (χ2n) is 6.17. The Morgan fingerprint density at radius 2 is 1.83 bits per heavy atom. The Bertz CT molecular complexity index is 350. The molecule has 1 rings (SSSR count). The van der Waals surface area contributed by atoms with Crippen LogP contribution in [-0.2, 0) is 4.79 Å². The zero-order valence-electron chi connectivity index (χ0n) is 11.9. The van der Waals surface area contributed by atoms with E-state index >= 15 is 0 Å². The number of carboxylic acid groups (broad SMARTS) is 1. The number of rotatable bonds is 3. The first kappa shape index (κ1) is 14.8. The number of nitrogens with one attached hydrogen (secondary N) is 1. The summed E-state index contributed by atoms with van der Waals surface area (Å²) in [7, 11) is 0. The molecule has 1 unspecified atom stereocenters. The van der Waals surface area contributed by atoms with Gasteiger partial charge in [-0.1, -0.05) is 0 Å². The van der Waals surface area contributed by atoms with E-state index in [2.05, 4.69) is 5.32 Å². The van der Waals surface area contributed by atoms with E-state index in [1.54, 1.807) is 32.6 Å². The highest BCUT2D eigenvalue weighted by molar-refractivity contribution is 5.80. The van der Waals surface area contributed by atoms with E-state index < -0.39 is 16.9 Å². The molecule has 104 valence electrons. The monoisotopic (exact) mass is 256 g/mol. The molecule has 5 heteroatoms. The highest BCUT2D eigenvalue weighted by atomic mass is 16.4. The van der Waals surface area contributed by atoms with E-state index in [4.69, 9.17) is 0 Å². The Morgan fingerprint density at radius 1 is 1.28 bits per heavy atom. The molecule has 1 fully saturated rings. The molecule has 2 N–H and O–H groups in total. The van der Waals surface area contributed by atoms with Crippen LogP contribution in [0.4, 0.5) is 4.79 Å². The first-order valence-electron chi connectivity index (χ1n) is 6.42. The molecule has 0 bridgehead atoms. The lowest BCUT2D eigenvalue weighted by molar-refractivity contribution is -0.150. The molecule has 0 radical (unpaired) electrons. The first-order chi connectivity index (χ1) is 8.09. The van der Waals surface area contributed by atoms with Gasteiger partial charge in [-0.25, -0.2) is 4.79 Å². The van der Waals surface area contributed by atoms with Crippen LogP contribution in [0.25, 0.3) is 0 Å². The summed E-state index contributed by atoms with van der Waals surface area (Å²) in [4.78, 5) is 25.2. The lowest BCUT2D eigenvalue weighted by Gasteiger charge is -2.40. The molecule has 1 aliphatic heterocycles.